The number of nitrogens with one attached hydrogen (secondary N) is 1. The van der Waals surface area contributed by atoms with Gasteiger partial charge in [0.1, 0.15) is 0 Å². The molecule has 0 bridgehead atoms. The molecule has 3 rings (SSSR count). The Balaban J connectivity index is 0.000000244. The third-order valence-corrected chi connectivity index (χ3v) is 4.63. The van der Waals surface area contributed by atoms with Crippen molar-refractivity contribution in [2.75, 3.05) is 64.3 Å². The van der Waals surface area contributed by atoms with Crippen molar-refractivity contribution < 1.29 is 9.59 Å². The maximum absolute atomic E-state index is 11.2. The second kappa shape index (κ2) is 10.5. The number of hydrogen-bond donors (Lipinski definition) is 1. The number of piperazine rings is 2. The molecule has 0 atom stereocenters. The topological polar surface area (TPSA) is 73.1 Å². The molecule has 27 heavy (non-hydrogen) atoms. The van der Waals surface area contributed by atoms with E-state index in [1.54, 1.807) is 20.9 Å². The van der Waals surface area contributed by atoms with Gasteiger partial charge in [-0.1, -0.05) is 4.85 Å². The van der Waals surface area contributed by atoms with Gasteiger partial charge in [-0.25, -0.2) is 4.98 Å². The Morgan fingerprint density at radius 1 is 1.00 bits per heavy atom. The number of pyridine rings is 1. The minimum Gasteiger partial charge on any atom is -0.367 e. The lowest BCUT2D eigenvalue weighted by Crippen LogP contribution is -2.48. The molecule has 0 aliphatic carbocycles. The summed E-state index contributed by atoms with van der Waals surface area (Å²) in [6.07, 6.45) is 1.83. The molecule has 1 aromatic heterocycles. The third-order valence-electron chi connectivity index (χ3n) is 4.63. The van der Waals surface area contributed by atoms with E-state index in [2.05, 4.69) is 26.1 Å². The highest BCUT2D eigenvalue weighted by Gasteiger charge is 2.18. The molecule has 0 saturated carbocycles. The zero-order chi connectivity index (χ0) is 19.6. The van der Waals surface area contributed by atoms with Gasteiger partial charge in [-0.2, -0.15) is 0 Å². The van der Waals surface area contributed by atoms with Crippen molar-refractivity contribution in [3.05, 3.63) is 28.9 Å². The van der Waals surface area contributed by atoms with Crippen molar-refractivity contribution >= 4 is 17.5 Å². The van der Waals surface area contributed by atoms with Gasteiger partial charge in [-0.05, 0) is 12.1 Å². The zero-order valence-electron chi connectivity index (χ0n) is 16.4. The number of hydrogen-bond acceptors (Lipinski definition) is 5. The molecule has 2 aliphatic heterocycles. The lowest BCUT2D eigenvalue weighted by molar-refractivity contribution is -0.130. The summed E-state index contributed by atoms with van der Waals surface area (Å²) in [7, 11) is 1.68. The van der Waals surface area contributed by atoms with Gasteiger partial charge in [0.2, 0.25) is 11.8 Å². The molecule has 0 unspecified atom stereocenters. The first-order valence-corrected chi connectivity index (χ1v) is 9.29. The van der Waals surface area contributed by atoms with Crippen molar-refractivity contribution in [2.24, 2.45) is 0 Å². The molecular weight excluding hydrogens is 344 g/mol. The third kappa shape index (κ3) is 6.53. The fraction of sp³-hybridized carbons (Fsp3) is 0.579. The molecular formula is C19H29N6O2+. The van der Waals surface area contributed by atoms with Crippen LogP contribution in [-0.4, -0.2) is 86.0 Å². The highest BCUT2D eigenvalue weighted by molar-refractivity contribution is 5.73. The van der Waals surface area contributed by atoms with Gasteiger partial charge in [-0.15, -0.1) is 0 Å². The molecule has 1 N–H and O–H groups in total. The van der Waals surface area contributed by atoms with Crippen LogP contribution in [0.3, 0.4) is 0 Å². The largest absolute Gasteiger partial charge is 0.367 e. The van der Waals surface area contributed by atoms with Crippen LogP contribution in [0.4, 0.5) is 5.69 Å². The molecule has 3 heterocycles. The van der Waals surface area contributed by atoms with Crippen LogP contribution in [0.1, 0.15) is 19.5 Å². The molecule has 2 fully saturated rings. The van der Waals surface area contributed by atoms with Crippen molar-refractivity contribution in [2.45, 2.75) is 13.8 Å². The van der Waals surface area contributed by atoms with Crippen LogP contribution in [0.25, 0.3) is 4.85 Å². The van der Waals surface area contributed by atoms with E-state index in [1.807, 2.05) is 28.1 Å². The van der Waals surface area contributed by atoms with Gasteiger partial charge >= 0.3 is 6.07 Å². The van der Waals surface area contributed by atoms with Gasteiger partial charge < -0.3 is 20.0 Å². The second-order valence-electron chi connectivity index (χ2n) is 6.49. The molecule has 146 valence electrons. The summed E-state index contributed by atoms with van der Waals surface area (Å²) >= 11 is 0. The maximum Gasteiger partial charge on any atom is 0.330 e. The summed E-state index contributed by atoms with van der Waals surface area (Å²) in [5.74, 6) is 0.341. The second-order valence-corrected chi connectivity index (χ2v) is 6.49. The van der Waals surface area contributed by atoms with Crippen molar-refractivity contribution in [1.29, 1.82) is 0 Å². The van der Waals surface area contributed by atoms with E-state index in [9.17, 15) is 9.59 Å². The monoisotopic (exact) mass is 373 g/mol. The van der Waals surface area contributed by atoms with E-state index in [0.29, 0.717) is 0 Å². The number of aromatic nitrogens is 1. The quantitative estimate of drug-likeness (QED) is 0.776. The van der Waals surface area contributed by atoms with Gasteiger partial charge in [0.05, 0.1) is 11.9 Å². The van der Waals surface area contributed by atoms with E-state index in [4.69, 9.17) is 0 Å². The zero-order valence-corrected chi connectivity index (χ0v) is 16.4. The first kappa shape index (κ1) is 20.6. The summed E-state index contributed by atoms with van der Waals surface area (Å²) in [5, 5.41) is 3.18. The fourth-order valence-corrected chi connectivity index (χ4v) is 3.01. The van der Waals surface area contributed by atoms with E-state index in [-0.39, 0.29) is 11.8 Å². The Kier molecular flexibility index (Phi) is 8.01. The first-order chi connectivity index (χ1) is 13.0. The molecule has 8 heteroatoms. The lowest BCUT2D eigenvalue weighted by atomic mass is 10.2. The molecule has 8 nitrogen and oxygen atoms in total. The number of rotatable bonds is 1. The number of carbonyl (C=O) groups is 2. The predicted octanol–water partition coefficient (Wildman–Crippen LogP) is 0.499. The number of nitrogens with zero attached hydrogens (tertiary/aromatic N) is 5. The number of carbonyl (C=O) groups excluding carboxylic acids is 2. The molecule has 2 aliphatic rings. The number of amides is 2. The van der Waals surface area contributed by atoms with Crippen LogP contribution in [-0.2, 0) is 9.59 Å². The summed E-state index contributed by atoms with van der Waals surface area (Å²) in [6.45, 7) is 10.1. The Bertz CT molecular complexity index is 680. The molecule has 2 saturated heterocycles. The van der Waals surface area contributed by atoms with Crippen LogP contribution in [0.15, 0.2) is 18.3 Å². The van der Waals surface area contributed by atoms with E-state index >= 15 is 0 Å². The first-order valence-electron chi connectivity index (χ1n) is 9.29. The number of anilines is 1. The van der Waals surface area contributed by atoms with Crippen molar-refractivity contribution in [3.63, 3.8) is 0 Å². The lowest BCUT2D eigenvalue weighted by Gasteiger charge is -2.35. The highest BCUT2D eigenvalue weighted by atomic mass is 16.2. The highest BCUT2D eigenvalue weighted by Crippen LogP contribution is 2.15. The van der Waals surface area contributed by atoms with Crippen LogP contribution >= 0.6 is 0 Å². The van der Waals surface area contributed by atoms with Gasteiger partial charge in [0.25, 0.3) is 7.05 Å². The Labute approximate surface area is 161 Å². The Morgan fingerprint density at radius 3 is 2.04 bits per heavy atom. The summed E-state index contributed by atoms with van der Waals surface area (Å²) in [6, 6.07) is 6.72. The Hall–Kier alpha value is -2.66. The van der Waals surface area contributed by atoms with E-state index in [0.717, 1.165) is 63.7 Å². The molecule has 1 aromatic rings. The van der Waals surface area contributed by atoms with E-state index < -0.39 is 0 Å². The summed E-state index contributed by atoms with van der Waals surface area (Å²) < 4.78 is 0. The minimum atomic E-state index is 0.150. The van der Waals surface area contributed by atoms with Crippen molar-refractivity contribution in [3.8, 4) is 6.07 Å². The SMILES string of the molecule is CC(=O)N1CCNCC1.C[N+]#Cc1ccc(N2CCN(C(C)=O)CC2)cn1. The fourth-order valence-electron chi connectivity index (χ4n) is 3.01. The maximum atomic E-state index is 11.2. The van der Waals surface area contributed by atoms with Gasteiger partial charge in [0.15, 0.2) is 5.69 Å². The molecule has 2 amide bonds. The van der Waals surface area contributed by atoms with Gasteiger partial charge in [-0.3, -0.25) is 9.59 Å². The Morgan fingerprint density at radius 2 is 1.59 bits per heavy atom. The van der Waals surface area contributed by atoms with E-state index in [1.165, 1.54) is 0 Å². The smallest absolute Gasteiger partial charge is 0.330 e. The average Bonchev–Trinajstić information content (AvgIpc) is 2.70. The summed E-state index contributed by atoms with van der Waals surface area (Å²) in [5.41, 5.74) is 1.82. The van der Waals surface area contributed by atoms with Crippen LogP contribution in [0.2, 0.25) is 0 Å². The normalized spacial score (nSPS) is 16.6. The predicted molar refractivity (Wildman–Crippen MR) is 106 cm³/mol. The van der Waals surface area contributed by atoms with Crippen LogP contribution < -0.4 is 10.2 Å². The summed E-state index contributed by atoms with van der Waals surface area (Å²) in [4.78, 5) is 36.0. The average molecular weight is 373 g/mol. The minimum absolute atomic E-state index is 0.150. The molecule has 0 spiro atoms. The van der Waals surface area contributed by atoms with Crippen LogP contribution in [0, 0.1) is 6.07 Å². The van der Waals surface area contributed by atoms with Gasteiger partial charge in [0, 0.05) is 66.2 Å². The van der Waals surface area contributed by atoms with Crippen molar-refractivity contribution in [1.82, 2.24) is 20.1 Å². The standard InChI is InChI=1S/C13H17N4O.C6H12N2O/c1-11(18)16-5-7-17(8-6-16)13-4-3-12(9-14-2)15-10-13;1-6(9)8-4-2-7-3-5-8/h3-4,10H,5-8H2,1-2H3;7H,2-5H2,1H3/q+1;. The molecule has 0 radical (unpaired) electrons. The molecule has 0 aromatic carbocycles. The van der Waals surface area contributed by atoms with Crippen LogP contribution in [0.5, 0.6) is 0 Å².